The number of amides is 1. The molecule has 0 spiro atoms. The molecule has 4 nitrogen and oxygen atoms in total. The van der Waals surface area contributed by atoms with E-state index in [0.29, 0.717) is 22.5 Å². The van der Waals surface area contributed by atoms with E-state index in [-0.39, 0.29) is 11.7 Å². The molecule has 0 aliphatic rings. The van der Waals surface area contributed by atoms with Crippen LogP contribution in [0.3, 0.4) is 0 Å². The smallest absolute Gasteiger partial charge is 0.279 e. The normalized spacial score (nSPS) is 11.9. The molecular weight excluding hydrogens is 351 g/mol. The number of carbonyl (C=O) groups excluding carboxylic acids is 1. The summed E-state index contributed by atoms with van der Waals surface area (Å²) in [6.45, 7) is 2.82. The fraction of sp³-hybridized carbons (Fsp3) is 0.300. The highest BCUT2D eigenvalue weighted by Gasteiger charge is 2.10. The van der Waals surface area contributed by atoms with Gasteiger partial charge in [-0.3, -0.25) is 4.79 Å². The number of thiazole rings is 1. The number of ether oxygens (including phenoxy) is 1. The highest BCUT2D eigenvalue weighted by atomic mass is 32.1. The maximum absolute atomic E-state index is 14.0. The minimum Gasteiger partial charge on any atom is -0.494 e. The first-order chi connectivity index (χ1) is 12.6. The zero-order chi connectivity index (χ0) is 18.5. The number of nitrogens with zero attached hydrogens (tertiary/aromatic N) is 2. The standard InChI is InChI=1S/C20H21FN2O2S/c1-3-4-5-13-25-15-11-9-14(10-12-15)19(24)22-20-23(2)18-16(21)7-6-8-17(18)26-20/h6-12H,3-5,13H2,1-2H3. The largest absolute Gasteiger partial charge is 0.494 e. The topological polar surface area (TPSA) is 43.6 Å². The van der Waals surface area contributed by atoms with Crippen LogP contribution in [0.2, 0.25) is 0 Å². The van der Waals surface area contributed by atoms with Crippen LogP contribution in [0.1, 0.15) is 36.5 Å². The van der Waals surface area contributed by atoms with E-state index in [2.05, 4.69) is 11.9 Å². The Balaban J connectivity index is 1.78. The highest BCUT2D eigenvalue weighted by Crippen LogP contribution is 2.19. The van der Waals surface area contributed by atoms with E-state index in [9.17, 15) is 9.18 Å². The van der Waals surface area contributed by atoms with Gasteiger partial charge in [0.15, 0.2) is 4.80 Å². The van der Waals surface area contributed by atoms with Crippen LogP contribution in [0.5, 0.6) is 5.75 Å². The summed E-state index contributed by atoms with van der Waals surface area (Å²) in [5.74, 6) is 0.0666. The van der Waals surface area contributed by atoms with Crippen LogP contribution < -0.4 is 9.54 Å². The van der Waals surface area contributed by atoms with Gasteiger partial charge >= 0.3 is 0 Å². The van der Waals surface area contributed by atoms with Crippen LogP contribution in [0.4, 0.5) is 4.39 Å². The number of para-hydroxylation sites is 1. The fourth-order valence-corrected chi connectivity index (χ4v) is 3.68. The average Bonchev–Trinajstić information content (AvgIpc) is 2.96. The number of rotatable bonds is 6. The Labute approximate surface area is 155 Å². The summed E-state index contributed by atoms with van der Waals surface area (Å²) >= 11 is 1.29. The molecule has 0 aliphatic heterocycles. The van der Waals surface area contributed by atoms with Crippen molar-refractivity contribution in [1.82, 2.24) is 4.57 Å². The van der Waals surface area contributed by atoms with Gasteiger partial charge in [0.2, 0.25) is 0 Å². The third kappa shape index (κ3) is 4.02. The van der Waals surface area contributed by atoms with Gasteiger partial charge in [0, 0.05) is 12.6 Å². The number of aryl methyl sites for hydroxylation is 1. The van der Waals surface area contributed by atoms with Gasteiger partial charge < -0.3 is 9.30 Å². The number of aromatic nitrogens is 1. The number of fused-ring (bicyclic) bond motifs is 1. The second-order valence-corrected chi connectivity index (χ2v) is 7.04. The number of hydrogen-bond acceptors (Lipinski definition) is 3. The van der Waals surface area contributed by atoms with E-state index in [1.54, 1.807) is 41.9 Å². The summed E-state index contributed by atoms with van der Waals surface area (Å²) in [5.41, 5.74) is 0.934. The van der Waals surface area contributed by atoms with Crippen molar-refractivity contribution in [2.75, 3.05) is 6.61 Å². The van der Waals surface area contributed by atoms with E-state index >= 15 is 0 Å². The second-order valence-electron chi connectivity index (χ2n) is 6.03. The molecule has 1 amide bonds. The van der Waals surface area contributed by atoms with Crippen LogP contribution in [0.25, 0.3) is 10.2 Å². The van der Waals surface area contributed by atoms with Crippen molar-refractivity contribution < 1.29 is 13.9 Å². The predicted octanol–water partition coefficient (Wildman–Crippen LogP) is 4.69. The van der Waals surface area contributed by atoms with Gasteiger partial charge in [-0.2, -0.15) is 4.99 Å². The van der Waals surface area contributed by atoms with Gasteiger partial charge in [0.05, 0.1) is 16.8 Å². The van der Waals surface area contributed by atoms with Gasteiger partial charge in [-0.15, -0.1) is 0 Å². The molecule has 3 aromatic rings. The maximum atomic E-state index is 14.0. The van der Waals surface area contributed by atoms with E-state index in [0.717, 1.165) is 29.7 Å². The molecule has 26 heavy (non-hydrogen) atoms. The van der Waals surface area contributed by atoms with Crippen LogP contribution >= 0.6 is 11.3 Å². The molecule has 2 aromatic carbocycles. The van der Waals surface area contributed by atoms with Crippen molar-refractivity contribution in [3.05, 3.63) is 58.6 Å². The minimum atomic E-state index is -0.356. The third-order valence-corrected chi connectivity index (χ3v) is 5.19. The number of unbranched alkanes of at least 4 members (excludes halogenated alkanes) is 2. The summed E-state index contributed by atoms with van der Waals surface area (Å²) < 4.78 is 22.0. The predicted molar refractivity (Wildman–Crippen MR) is 102 cm³/mol. The van der Waals surface area contributed by atoms with Crippen molar-refractivity contribution >= 4 is 27.5 Å². The lowest BCUT2D eigenvalue weighted by molar-refractivity contribution is 0.0998. The SMILES string of the molecule is CCCCCOc1ccc(C(=O)N=c2sc3cccc(F)c3n2C)cc1. The van der Waals surface area contributed by atoms with E-state index in [1.807, 2.05) is 6.07 Å². The first kappa shape index (κ1) is 18.3. The van der Waals surface area contributed by atoms with E-state index in [1.165, 1.54) is 17.4 Å². The molecule has 6 heteroatoms. The van der Waals surface area contributed by atoms with E-state index in [4.69, 9.17) is 4.74 Å². The molecule has 0 aliphatic carbocycles. The summed E-state index contributed by atoms with van der Waals surface area (Å²) in [6.07, 6.45) is 3.31. The molecule has 0 fully saturated rings. The van der Waals surface area contributed by atoms with Gasteiger partial charge in [-0.05, 0) is 42.8 Å². The minimum absolute atomic E-state index is 0.320. The summed E-state index contributed by atoms with van der Waals surface area (Å²) in [6, 6.07) is 11.8. The van der Waals surface area contributed by atoms with Crippen LogP contribution in [0.15, 0.2) is 47.5 Å². The molecule has 1 heterocycles. The summed E-state index contributed by atoms with van der Waals surface area (Å²) in [5, 5.41) is 0. The molecule has 136 valence electrons. The monoisotopic (exact) mass is 372 g/mol. The van der Waals surface area contributed by atoms with Crippen LogP contribution in [-0.2, 0) is 7.05 Å². The van der Waals surface area contributed by atoms with Crippen molar-refractivity contribution in [3.8, 4) is 5.75 Å². The fourth-order valence-electron chi connectivity index (χ4n) is 2.65. The molecule has 0 saturated heterocycles. The summed E-state index contributed by atoms with van der Waals surface area (Å²) in [4.78, 5) is 17.1. The zero-order valence-corrected chi connectivity index (χ0v) is 15.7. The van der Waals surface area contributed by atoms with Crippen LogP contribution in [-0.4, -0.2) is 17.1 Å². The van der Waals surface area contributed by atoms with Crippen molar-refractivity contribution in [2.45, 2.75) is 26.2 Å². The second kappa shape index (κ2) is 8.27. The molecular formula is C20H21FN2O2S. The van der Waals surface area contributed by atoms with Gasteiger partial charge in [0.1, 0.15) is 11.6 Å². The van der Waals surface area contributed by atoms with Crippen molar-refractivity contribution in [1.29, 1.82) is 0 Å². The highest BCUT2D eigenvalue weighted by molar-refractivity contribution is 7.16. The Kier molecular flexibility index (Phi) is 5.83. The molecule has 3 rings (SSSR count). The lowest BCUT2D eigenvalue weighted by Crippen LogP contribution is -2.13. The molecule has 0 bridgehead atoms. The Morgan fingerprint density at radius 2 is 1.96 bits per heavy atom. The zero-order valence-electron chi connectivity index (χ0n) is 14.9. The molecule has 0 N–H and O–H groups in total. The number of carbonyl (C=O) groups is 1. The Hall–Kier alpha value is -2.47. The Bertz CT molecular complexity index is 974. The lowest BCUT2D eigenvalue weighted by atomic mass is 10.2. The molecule has 0 saturated carbocycles. The molecule has 1 aromatic heterocycles. The van der Waals surface area contributed by atoms with Gasteiger partial charge in [-0.25, -0.2) is 4.39 Å². The average molecular weight is 372 g/mol. The first-order valence-corrected chi connectivity index (χ1v) is 9.47. The van der Waals surface area contributed by atoms with Crippen LogP contribution in [0, 0.1) is 5.82 Å². The lowest BCUT2D eigenvalue weighted by Gasteiger charge is -2.05. The van der Waals surface area contributed by atoms with Crippen molar-refractivity contribution in [3.63, 3.8) is 0 Å². The summed E-state index contributed by atoms with van der Waals surface area (Å²) in [7, 11) is 1.71. The maximum Gasteiger partial charge on any atom is 0.279 e. The Morgan fingerprint density at radius 1 is 1.19 bits per heavy atom. The van der Waals surface area contributed by atoms with E-state index < -0.39 is 0 Å². The van der Waals surface area contributed by atoms with Gasteiger partial charge in [0.25, 0.3) is 5.91 Å². The quantitative estimate of drug-likeness (QED) is 0.589. The number of halogens is 1. The third-order valence-electron chi connectivity index (χ3n) is 4.09. The molecule has 0 radical (unpaired) electrons. The van der Waals surface area contributed by atoms with Crippen molar-refractivity contribution in [2.24, 2.45) is 12.0 Å². The number of benzene rings is 2. The molecule has 0 unspecified atom stereocenters. The first-order valence-electron chi connectivity index (χ1n) is 8.66. The Morgan fingerprint density at radius 3 is 2.65 bits per heavy atom. The number of hydrogen-bond donors (Lipinski definition) is 0. The van der Waals surface area contributed by atoms with Gasteiger partial charge in [-0.1, -0.05) is 37.2 Å². The molecule has 0 atom stereocenters.